The molecule has 2 fully saturated rings. The maximum atomic E-state index is 4.48. The van der Waals surface area contributed by atoms with Crippen molar-refractivity contribution in [2.45, 2.75) is 44.7 Å². The van der Waals surface area contributed by atoms with Crippen LogP contribution in [0, 0.1) is 6.92 Å². The Morgan fingerprint density at radius 3 is 2.72 bits per heavy atom. The van der Waals surface area contributed by atoms with E-state index in [0.717, 1.165) is 0 Å². The molecule has 2 atom stereocenters. The molecule has 0 saturated carbocycles. The number of hydrogen-bond acceptors (Lipinski definition) is 3. The minimum atomic E-state index is 0.577. The van der Waals surface area contributed by atoms with Crippen LogP contribution in [0.25, 0.3) is 0 Å². The van der Waals surface area contributed by atoms with Crippen molar-refractivity contribution in [2.24, 2.45) is 7.05 Å². The number of nitrogens with zero attached hydrogens (tertiary/aromatic N) is 4. The van der Waals surface area contributed by atoms with Crippen molar-refractivity contribution in [3.8, 4) is 0 Å². The highest BCUT2D eigenvalue weighted by molar-refractivity contribution is 5.22. The zero-order valence-electron chi connectivity index (χ0n) is 15.6. The molecule has 0 bridgehead atoms. The van der Waals surface area contributed by atoms with E-state index in [1.165, 1.54) is 68.7 Å². The SMILES string of the molecule is Cc1c([C@@H]2CCCN2[C@@H]2CCN(CCc3ccccc3)C2)cnn1C. The summed E-state index contributed by atoms with van der Waals surface area (Å²) < 4.78 is 2.02. The van der Waals surface area contributed by atoms with E-state index >= 15 is 0 Å². The van der Waals surface area contributed by atoms with Gasteiger partial charge < -0.3 is 4.90 Å². The second-order valence-corrected chi connectivity index (χ2v) is 7.68. The second-order valence-electron chi connectivity index (χ2n) is 7.68. The van der Waals surface area contributed by atoms with Gasteiger partial charge in [-0.15, -0.1) is 0 Å². The molecule has 0 amide bonds. The van der Waals surface area contributed by atoms with Gasteiger partial charge >= 0.3 is 0 Å². The quantitative estimate of drug-likeness (QED) is 0.837. The molecule has 3 heterocycles. The molecule has 4 heteroatoms. The van der Waals surface area contributed by atoms with Crippen molar-refractivity contribution in [3.63, 3.8) is 0 Å². The van der Waals surface area contributed by atoms with Gasteiger partial charge in [0.2, 0.25) is 0 Å². The van der Waals surface area contributed by atoms with Crippen molar-refractivity contribution < 1.29 is 0 Å². The predicted molar refractivity (Wildman–Crippen MR) is 102 cm³/mol. The van der Waals surface area contributed by atoms with Crippen LogP contribution in [-0.2, 0) is 13.5 Å². The minimum Gasteiger partial charge on any atom is -0.301 e. The fourth-order valence-electron chi connectivity index (χ4n) is 4.62. The summed E-state index contributed by atoms with van der Waals surface area (Å²) >= 11 is 0. The summed E-state index contributed by atoms with van der Waals surface area (Å²) in [4.78, 5) is 5.43. The van der Waals surface area contributed by atoms with Crippen molar-refractivity contribution in [1.82, 2.24) is 19.6 Å². The van der Waals surface area contributed by atoms with Crippen LogP contribution in [0.1, 0.15) is 42.1 Å². The zero-order valence-corrected chi connectivity index (χ0v) is 15.6. The number of hydrogen-bond donors (Lipinski definition) is 0. The van der Waals surface area contributed by atoms with Gasteiger partial charge in [-0.3, -0.25) is 9.58 Å². The van der Waals surface area contributed by atoms with E-state index in [9.17, 15) is 0 Å². The lowest BCUT2D eigenvalue weighted by Crippen LogP contribution is -2.37. The van der Waals surface area contributed by atoms with Crippen LogP contribution in [0.3, 0.4) is 0 Å². The van der Waals surface area contributed by atoms with E-state index in [4.69, 9.17) is 0 Å². The molecule has 0 aliphatic carbocycles. The fourth-order valence-corrected chi connectivity index (χ4v) is 4.62. The lowest BCUT2D eigenvalue weighted by atomic mass is 10.0. The average Bonchev–Trinajstić information content (AvgIpc) is 3.35. The third-order valence-corrected chi connectivity index (χ3v) is 6.20. The van der Waals surface area contributed by atoms with Crippen LogP contribution < -0.4 is 0 Å². The first-order chi connectivity index (χ1) is 12.2. The molecule has 0 spiro atoms. The Morgan fingerprint density at radius 1 is 1.12 bits per heavy atom. The molecule has 0 unspecified atom stereocenters. The maximum absolute atomic E-state index is 4.48. The Kier molecular flexibility index (Phi) is 4.91. The monoisotopic (exact) mass is 338 g/mol. The molecule has 4 nitrogen and oxygen atoms in total. The van der Waals surface area contributed by atoms with Gasteiger partial charge in [0.15, 0.2) is 0 Å². The molecule has 134 valence electrons. The Labute approximate surface area is 151 Å². The van der Waals surface area contributed by atoms with Gasteiger partial charge in [-0.2, -0.15) is 5.10 Å². The van der Waals surface area contributed by atoms with E-state index in [-0.39, 0.29) is 0 Å². The Hall–Kier alpha value is -1.65. The van der Waals surface area contributed by atoms with Crippen LogP contribution in [0.15, 0.2) is 36.5 Å². The normalized spacial score (nSPS) is 25.0. The van der Waals surface area contributed by atoms with Crippen molar-refractivity contribution >= 4 is 0 Å². The predicted octanol–water partition coefficient (Wildman–Crippen LogP) is 3.18. The standard InChI is InChI=1S/C21H30N4/c1-17-20(15-22-23(17)2)21-9-6-12-25(21)19-11-14-24(16-19)13-10-18-7-4-3-5-8-18/h3-5,7-8,15,19,21H,6,9-14,16H2,1-2H3/t19-,21+/m1/s1. The minimum absolute atomic E-state index is 0.577. The summed E-state index contributed by atoms with van der Waals surface area (Å²) in [5, 5.41) is 4.48. The van der Waals surface area contributed by atoms with Crippen molar-refractivity contribution in [1.29, 1.82) is 0 Å². The molecule has 2 aliphatic rings. The molecule has 25 heavy (non-hydrogen) atoms. The first-order valence-corrected chi connectivity index (χ1v) is 9.73. The molecule has 2 aromatic rings. The van der Waals surface area contributed by atoms with Crippen LogP contribution in [0.4, 0.5) is 0 Å². The molecular weight excluding hydrogens is 308 g/mol. The highest BCUT2D eigenvalue weighted by Crippen LogP contribution is 2.37. The molecule has 4 rings (SSSR count). The summed E-state index contributed by atoms with van der Waals surface area (Å²) in [7, 11) is 2.05. The summed E-state index contributed by atoms with van der Waals surface area (Å²) in [6.07, 6.45) is 7.18. The third-order valence-electron chi connectivity index (χ3n) is 6.20. The maximum Gasteiger partial charge on any atom is 0.0540 e. The van der Waals surface area contributed by atoms with Gasteiger partial charge in [-0.05, 0) is 51.3 Å². The van der Waals surface area contributed by atoms with Crippen LogP contribution in [-0.4, -0.2) is 51.8 Å². The number of aryl methyl sites for hydroxylation is 1. The van der Waals surface area contributed by atoms with Crippen molar-refractivity contribution in [3.05, 3.63) is 53.3 Å². The summed E-state index contributed by atoms with van der Waals surface area (Å²) in [6.45, 7) is 7.11. The molecular formula is C21H30N4. The first kappa shape index (κ1) is 16.8. The van der Waals surface area contributed by atoms with Gasteiger partial charge in [-0.25, -0.2) is 0 Å². The van der Waals surface area contributed by atoms with Gasteiger partial charge in [-0.1, -0.05) is 30.3 Å². The fraction of sp³-hybridized carbons (Fsp3) is 0.571. The second kappa shape index (κ2) is 7.30. The van der Waals surface area contributed by atoms with E-state index in [1.54, 1.807) is 0 Å². The molecule has 1 aromatic heterocycles. The molecule has 2 saturated heterocycles. The number of rotatable bonds is 5. The molecule has 0 N–H and O–H groups in total. The van der Waals surface area contributed by atoms with Gasteiger partial charge in [0.1, 0.15) is 0 Å². The molecule has 2 aliphatic heterocycles. The lowest BCUT2D eigenvalue weighted by Gasteiger charge is -2.30. The summed E-state index contributed by atoms with van der Waals surface area (Å²) in [6, 6.07) is 12.2. The van der Waals surface area contributed by atoms with E-state index in [1.807, 2.05) is 4.68 Å². The number of aromatic nitrogens is 2. The van der Waals surface area contributed by atoms with E-state index in [2.05, 4.69) is 65.4 Å². The Balaban J connectivity index is 1.37. The number of benzene rings is 1. The largest absolute Gasteiger partial charge is 0.301 e. The van der Waals surface area contributed by atoms with E-state index in [0.29, 0.717) is 12.1 Å². The molecule has 1 aromatic carbocycles. The van der Waals surface area contributed by atoms with Gasteiger partial charge in [0.25, 0.3) is 0 Å². The highest BCUT2D eigenvalue weighted by atomic mass is 15.3. The summed E-state index contributed by atoms with van der Waals surface area (Å²) in [5.74, 6) is 0. The topological polar surface area (TPSA) is 24.3 Å². The van der Waals surface area contributed by atoms with Crippen LogP contribution >= 0.6 is 0 Å². The number of likely N-dealkylation sites (tertiary alicyclic amines) is 2. The Morgan fingerprint density at radius 2 is 1.96 bits per heavy atom. The third kappa shape index (κ3) is 3.51. The lowest BCUT2D eigenvalue weighted by molar-refractivity contribution is 0.177. The Bertz CT molecular complexity index is 693. The zero-order chi connectivity index (χ0) is 17.2. The smallest absolute Gasteiger partial charge is 0.0540 e. The van der Waals surface area contributed by atoms with Gasteiger partial charge in [0, 0.05) is 43.5 Å². The first-order valence-electron chi connectivity index (χ1n) is 9.73. The van der Waals surface area contributed by atoms with Crippen molar-refractivity contribution in [2.75, 3.05) is 26.2 Å². The average molecular weight is 338 g/mol. The van der Waals surface area contributed by atoms with Gasteiger partial charge in [0.05, 0.1) is 6.20 Å². The van der Waals surface area contributed by atoms with Crippen LogP contribution in [0.5, 0.6) is 0 Å². The van der Waals surface area contributed by atoms with Crippen LogP contribution in [0.2, 0.25) is 0 Å². The highest BCUT2D eigenvalue weighted by Gasteiger charge is 2.36. The summed E-state index contributed by atoms with van der Waals surface area (Å²) in [5.41, 5.74) is 4.23. The molecule has 0 radical (unpaired) electrons. The van der Waals surface area contributed by atoms with E-state index < -0.39 is 0 Å².